The lowest BCUT2D eigenvalue weighted by Crippen LogP contribution is -2.03. The predicted octanol–water partition coefficient (Wildman–Crippen LogP) is 3.32. The first kappa shape index (κ1) is 12.0. The third-order valence-electron chi connectivity index (χ3n) is 2.65. The largest absolute Gasteiger partial charge is 0.454 e. The Hall–Kier alpha value is -1.11. The highest BCUT2D eigenvalue weighted by molar-refractivity contribution is 9.10. The minimum absolute atomic E-state index is 0.0449. The van der Waals surface area contributed by atoms with Gasteiger partial charge in [-0.3, -0.25) is 0 Å². The van der Waals surface area contributed by atoms with E-state index in [1.165, 1.54) is 0 Å². The molecule has 1 unspecified atom stereocenters. The predicted molar refractivity (Wildman–Crippen MR) is 74.0 cm³/mol. The monoisotopic (exact) mass is 326 g/mol. The summed E-state index contributed by atoms with van der Waals surface area (Å²) in [6, 6.07) is 3.80. The Morgan fingerprint density at radius 1 is 1.39 bits per heavy atom. The highest BCUT2D eigenvalue weighted by Gasteiger charge is 2.18. The number of hydrogen-bond acceptors (Lipinski definition) is 5. The molecule has 2 heterocycles. The summed E-state index contributed by atoms with van der Waals surface area (Å²) in [5.41, 5.74) is 7.71. The van der Waals surface area contributed by atoms with Gasteiger partial charge in [-0.2, -0.15) is 0 Å². The molecule has 0 radical (unpaired) electrons. The minimum atomic E-state index is -0.0449. The number of thiazole rings is 1. The number of benzene rings is 1. The van der Waals surface area contributed by atoms with Gasteiger partial charge in [0.25, 0.3) is 0 Å². The molecule has 3 rings (SSSR count). The Labute approximate surface area is 117 Å². The van der Waals surface area contributed by atoms with Gasteiger partial charge in [-0.05, 0) is 35.0 Å². The summed E-state index contributed by atoms with van der Waals surface area (Å²) in [5, 5.41) is 2.93. The van der Waals surface area contributed by atoms with Crippen molar-refractivity contribution in [3.63, 3.8) is 0 Å². The average molecular weight is 327 g/mol. The van der Waals surface area contributed by atoms with Gasteiger partial charge in [-0.1, -0.05) is 0 Å². The summed E-state index contributed by atoms with van der Waals surface area (Å²) >= 11 is 5.10. The van der Waals surface area contributed by atoms with Gasteiger partial charge in [0.15, 0.2) is 11.5 Å². The molecule has 0 saturated carbocycles. The maximum atomic E-state index is 5.82. The average Bonchev–Trinajstić information content (AvgIpc) is 2.94. The van der Waals surface area contributed by atoms with Crippen LogP contribution in [-0.2, 0) is 0 Å². The lowest BCUT2D eigenvalue weighted by atomic mass is 10.1. The number of aromatic nitrogens is 1. The summed E-state index contributed by atoms with van der Waals surface area (Å²) in [6.07, 6.45) is 0. The maximum absolute atomic E-state index is 5.82. The van der Waals surface area contributed by atoms with E-state index in [-0.39, 0.29) is 12.8 Å². The van der Waals surface area contributed by atoms with Crippen LogP contribution in [0.1, 0.15) is 18.0 Å². The van der Waals surface area contributed by atoms with Crippen LogP contribution in [0.15, 0.2) is 22.0 Å². The lowest BCUT2D eigenvalue weighted by molar-refractivity contribution is 0.174. The molecule has 0 bridgehead atoms. The van der Waals surface area contributed by atoms with E-state index in [0.29, 0.717) is 0 Å². The normalized spacial score (nSPS) is 14.8. The smallest absolute Gasteiger partial charge is 0.231 e. The Kier molecular flexibility index (Phi) is 3.01. The molecule has 0 aliphatic carbocycles. The van der Waals surface area contributed by atoms with Crippen molar-refractivity contribution in [1.29, 1.82) is 0 Å². The molecule has 1 aromatic carbocycles. The van der Waals surface area contributed by atoms with E-state index in [1.807, 2.05) is 24.4 Å². The van der Waals surface area contributed by atoms with Gasteiger partial charge >= 0.3 is 0 Å². The molecule has 0 saturated heterocycles. The second-order valence-electron chi connectivity index (χ2n) is 4.04. The van der Waals surface area contributed by atoms with Gasteiger partial charge in [-0.25, -0.2) is 4.98 Å². The van der Waals surface area contributed by atoms with Crippen molar-refractivity contribution in [2.75, 3.05) is 6.79 Å². The van der Waals surface area contributed by atoms with E-state index < -0.39 is 0 Å². The summed E-state index contributed by atoms with van der Waals surface area (Å²) in [7, 11) is 0. The molecule has 94 valence electrons. The molecular formula is C12H11BrN2O2S. The first-order valence-electron chi connectivity index (χ1n) is 5.45. The van der Waals surface area contributed by atoms with Crippen LogP contribution in [-0.4, -0.2) is 11.8 Å². The van der Waals surface area contributed by atoms with Crippen molar-refractivity contribution in [3.05, 3.63) is 27.0 Å². The van der Waals surface area contributed by atoms with Gasteiger partial charge in [0.1, 0.15) is 5.01 Å². The molecule has 6 heteroatoms. The number of rotatable bonds is 2. The van der Waals surface area contributed by atoms with Crippen molar-refractivity contribution >= 4 is 27.3 Å². The van der Waals surface area contributed by atoms with Crippen LogP contribution in [0.2, 0.25) is 0 Å². The Morgan fingerprint density at radius 2 is 2.11 bits per heavy atom. The van der Waals surface area contributed by atoms with Gasteiger partial charge in [0.05, 0.1) is 11.7 Å². The van der Waals surface area contributed by atoms with Gasteiger partial charge in [-0.15, -0.1) is 11.3 Å². The third-order valence-corrected chi connectivity index (χ3v) is 4.35. The summed E-state index contributed by atoms with van der Waals surface area (Å²) in [4.78, 5) is 4.53. The highest BCUT2D eigenvalue weighted by atomic mass is 79.9. The number of nitrogens with two attached hydrogens (primary N) is 1. The molecule has 0 fully saturated rings. The summed E-state index contributed by atoms with van der Waals surface area (Å²) in [5.74, 6) is 1.51. The zero-order valence-electron chi connectivity index (χ0n) is 9.64. The molecular weight excluding hydrogens is 316 g/mol. The SMILES string of the molecule is CC(N)c1nc(-c2cc3c(cc2Br)OCO3)cs1. The van der Waals surface area contributed by atoms with Crippen molar-refractivity contribution in [2.24, 2.45) is 5.73 Å². The fourth-order valence-electron chi connectivity index (χ4n) is 1.73. The van der Waals surface area contributed by atoms with Crippen LogP contribution < -0.4 is 15.2 Å². The number of fused-ring (bicyclic) bond motifs is 1. The number of nitrogens with zero attached hydrogens (tertiary/aromatic N) is 1. The van der Waals surface area contributed by atoms with Crippen molar-refractivity contribution < 1.29 is 9.47 Å². The molecule has 1 aromatic heterocycles. The molecule has 0 amide bonds. The number of halogens is 1. The van der Waals surface area contributed by atoms with Crippen LogP contribution in [0.4, 0.5) is 0 Å². The van der Waals surface area contributed by atoms with Gasteiger partial charge in [0, 0.05) is 15.4 Å². The lowest BCUT2D eigenvalue weighted by Gasteiger charge is -2.04. The van der Waals surface area contributed by atoms with Crippen molar-refractivity contribution in [2.45, 2.75) is 13.0 Å². The first-order valence-corrected chi connectivity index (χ1v) is 7.13. The van der Waals surface area contributed by atoms with E-state index in [1.54, 1.807) is 11.3 Å². The molecule has 2 N–H and O–H groups in total. The summed E-state index contributed by atoms with van der Waals surface area (Å²) < 4.78 is 11.6. The van der Waals surface area contributed by atoms with Crippen LogP contribution in [0.3, 0.4) is 0 Å². The second-order valence-corrected chi connectivity index (χ2v) is 5.79. The fraction of sp³-hybridized carbons (Fsp3) is 0.250. The second kappa shape index (κ2) is 4.53. The van der Waals surface area contributed by atoms with E-state index in [0.717, 1.165) is 32.2 Å². The number of ether oxygens (including phenoxy) is 2. The summed E-state index contributed by atoms with van der Waals surface area (Å²) in [6.45, 7) is 2.20. The molecule has 18 heavy (non-hydrogen) atoms. The van der Waals surface area contributed by atoms with Gasteiger partial charge < -0.3 is 15.2 Å². The Morgan fingerprint density at radius 3 is 2.78 bits per heavy atom. The highest BCUT2D eigenvalue weighted by Crippen LogP contribution is 2.41. The van der Waals surface area contributed by atoms with E-state index in [4.69, 9.17) is 15.2 Å². The maximum Gasteiger partial charge on any atom is 0.231 e. The molecule has 4 nitrogen and oxygen atoms in total. The topological polar surface area (TPSA) is 57.4 Å². The molecule has 1 aliphatic heterocycles. The van der Waals surface area contributed by atoms with Crippen LogP contribution in [0, 0.1) is 0 Å². The van der Waals surface area contributed by atoms with Gasteiger partial charge in [0.2, 0.25) is 6.79 Å². The van der Waals surface area contributed by atoms with Crippen LogP contribution in [0.5, 0.6) is 11.5 Å². The van der Waals surface area contributed by atoms with Crippen LogP contribution in [0.25, 0.3) is 11.3 Å². The molecule has 1 atom stereocenters. The molecule has 1 aliphatic rings. The fourth-order valence-corrected chi connectivity index (χ4v) is 3.04. The van der Waals surface area contributed by atoms with E-state index in [9.17, 15) is 0 Å². The molecule has 0 spiro atoms. The minimum Gasteiger partial charge on any atom is -0.454 e. The van der Waals surface area contributed by atoms with Crippen LogP contribution >= 0.6 is 27.3 Å². The van der Waals surface area contributed by atoms with Crippen molar-refractivity contribution in [1.82, 2.24) is 4.98 Å². The quantitative estimate of drug-likeness (QED) is 0.919. The standard InChI is InChI=1S/C12H11BrN2O2S/c1-6(14)12-15-9(4-18-12)7-2-10-11(3-8(7)13)17-5-16-10/h2-4,6H,5,14H2,1H3. The Balaban J connectivity index is 2.05. The Bertz CT molecular complexity index is 598. The van der Waals surface area contributed by atoms with E-state index in [2.05, 4.69) is 20.9 Å². The molecule has 2 aromatic rings. The zero-order valence-corrected chi connectivity index (χ0v) is 12.0. The van der Waals surface area contributed by atoms with E-state index >= 15 is 0 Å². The van der Waals surface area contributed by atoms with Crippen molar-refractivity contribution in [3.8, 4) is 22.8 Å². The first-order chi connectivity index (χ1) is 8.65. The number of hydrogen-bond donors (Lipinski definition) is 1. The third kappa shape index (κ3) is 2.00. The zero-order chi connectivity index (χ0) is 12.7.